The molecule has 2 rings (SSSR count). The van der Waals surface area contributed by atoms with E-state index in [9.17, 15) is 5.11 Å². The molecule has 1 N–H and O–H groups in total. The lowest BCUT2D eigenvalue weighted by molar-refractivity contribution is -0.0319. The number of β-amino-alcohol motifs (C(OH)–C–C–N with tert-alkyl or cyclic N) is 1. The molecule has 1 aromatic carbocycles. The number of hydrogen-bond acceptors (Lipinski definition) is 3. The number of aliphatic hydroxyl groups is 1. The van der Waals surface area contributed by atoms with Crippen LogP contribution >= 0.6 is 0 Å². The summed E-state index contributed by atoms with van der Waals surface area (Å²) in [5.74, 6) is 0. The number of ether oxygens (including phenoxy) is 1. The molecule has 1 aliphatic rings. The van der Waals surface area contributed by atoms with Gasteiger partial charge in [0.05, 0.1) is 18.8 Å². The highest BCUT2D eigenvalue weighted by Gasteiger charge is 2.19. The Morgan fingerprint density at radius 2 is 2.35 bits per heavy atom. The van der Waals surface area contributed by atoms with Gasteiger partial charge in [-0.05, 0) is 19.4 Å². The van der Waals surface area contributed by atoms with Gasteiger partial charge in [0.2, 0.25) is 0 Å². The van der Waals surface area contributed by atoms with Crippen LogP contribution in [0.3, 0.4) is 0 Å². The smallest absolute Gasteiger partial charge is 0.0917 e. The Morgan fingerprint density at radius 1 is 1.53 bits per heavy atom. The quantitative estimate of drug-likeness (QED) is 0.866. The number of nitrogens with zero attached hydrogens (tertiary/aromatic N) is 1. The first-order valence-electron chi connectivity index (χ1n) is 6.24. The van der Waals surface area contributed by atoms with Crippen LogP contribution in [0.5, 0.6) is 0 Å². The second-order valence-corrected chi connectivity index (χ2v) is 4.87. The van der Waals surface area contributed by atoms with Crippen molar-refractivity contribution in [3.05, 3.63) is 35.4 Å². The van der Waals surface area contributed by atoms with Gasteiger partial charge in [0.15, 0.2) is 0 Å². The van der Waals surface area contributed by atoms with Crippen molar-refractivity contribution >= 4 is 0 Å². The van der Waals surface area contributed by atoms with E-state index >= 15 is 0 Å². The third-order valence-electron chi connectivity index (χ3n) is 3.18. The Hall–Kier alpha value is -0.900. The van der Waals surface area contributed by atoms with E-state index in [1.807, 2.05) is 25.1 Å². The van der Waals surface area contributed by atoms with Crippen LogP contribution in [0.15, 0.2) is 24.3 Å². The van der Waals surface area contributed by atoms with E-state index < -0.39 is 6.10 Å². The van der Waals surface area contributed by atoms with Gasteiger partial charge in [-0.3, -0.25) is 4.90 Å². The van der Waals surface area contributed by atoms with E-state index in [2.05, 4.69) is 17.9 Å². The molecule has 1 aliphatic heterocycles. The monoisotopic (exact) mass is 235 g/mol. The van der Waals surface area contributed by atoms with Gasteiger partial charge in [0, 0.05) is 19.6 Å². The van der Waals surface area contributed by atoms with E-state index in [-0.39, 0.29) is 6.10 Å². The Morgan fingerprint density at radius 3 is 3.06 bits per heavy atom. The number of benzene rings is 1. The van der Waals surface area contributed by atoms with Gasteiger partial charge in [0.25, 0.3) is 0 Å². The average molecular weight is 235 g/mol. The lowest BCUT2D eigenvalue weighted by Crippen LogP contribution is -2.42. The fraction of sp³-hybridized carbons (Fsp3) is 0.571. The first-order valence-corrected chi connectivity index (χ1v) is 6.24. The van der Waals surface area contributed by atoms with E-state index in [0.29, 0.717) is 6.54 Å². The highest BCUT2D eigenvalue weighted by atomic mass is 16.5. The van der Waals surface area contributed by atoms with E-state index in [1.165, 1.54) is 5.56 Å². The van der Waals surface area contributed by atoms with Gasteiger partial charge < -0.3 is 9.84 Å². The summed E-state index contributed by atoms with van der Waals surface area (Å²) in [7, 11) is 0. The number of hydrogen-bond donors (Lipinski definition) is 1. The summed E-state index contributed by atoms with van der Waals surface area (Å²) < 4.78 is 5.49. The molecule has 1 fully saturated rings. The van der Waals surface area contributed by atoms with Crippen LogP contribution in [0.1, 0.15) is 24.2 Å². The number of morpholine rings is 1. The minimum atomic E-state index is -0.403. The molecule has 3 nitrogen and oxygen atoms in total. The zero-order chi connectivity index (χ0) is 12.3. The van der Waals surface area contributed by atoms with E-state index in [4.69, 9.17) is 4.74 Å². The van der Waals surface area contributed by atoms with Crippen molar-refractivity contribution in [2.45, 2.75) is 26.1 Å². The molecule has 0 amide bonds. The summed E-state index contributed by atoms with van der Waals surface area (Å²) in [5.41, 5.74) is 2.20. The lowest BCUT2D eigenvalue weighted by Gasteiger charge is -2.32. The van der Waals surface area contributed by atoms with Gasteiger partial charge in [-0.2, -0.15) is 0 Å². The molecule has 0 radical (unpaired) electrons. The number of aliphatic hydroxyl groups excluding tert-OH is 1. The van der Waals surface area contributed by atoms with Crippen LogP contribution in [0.4, 0.5) is 0 Å². The van der Waals surface area contributed by atoms with Crippen molar-refractivity contribution in [2.75, 3.05) is 26.2 Å². The topological polar surface area (TPSA) is 32.7 Å². The Kier molecular flexibility index (Phi) is 4.15. The number of aryl methyl sites for hydroxylation is 1. The lowest BCUT2D eigenvalue weighted by atomic mass is 10.1. The fourth-order valence-electron chi connectivity index (χ4n) is 2.28. The maximum atomic E-state index is 10.2. The Labute approximate surface area is 103 Å². The van der Waals surface area contributed by atoms with Crippen LogP contribution in [0.25, 0.3) is 0 Å². The Bertz CT molecular complexity index is 367. The molecule has 1 heterocycles. The van der Waals surface area contributed by atoms with Crippen molar-refractivity contribution < 1.29 is 9.84 Å². The highest BCUT2D eigenvalue weighted by molar-refractivity contribution is 5.24. The standard InChI is InChI=1S/C14H21NO2/c1-11-4-3-5-13(8-11)14(16)10-15-6-7-17-12(2)9-15/h3-5,8,12,14,16H,6-7,9-10H2,1-2H3. The summed E-state index contributed by atoms with van der Waals surface area (Å²) in [4.78, 5) is 2.27. The van der Waals surface area contributed by atoms with Crippen LogP contribution in [-0.4, -0.2) is 42.4 Å². The second kappa shape index (κ2) is 5.63. The van der Waals surface area contributed by atoms with Crippen molar-refractivity contribution in [1.29, 1.82) is 0 Å². The molecule has 0 bridgehead atoms. The first kappa shape index (κ1) is 12.6. The summed E-state index contributed by atoms with van der Waals surface area (Å²) in [6.07, 6.45) is -0.131. The molecule has 17 heavy (non-hydrogen) atoms. The van der Waals surface area contributed by atoms with Crippen molar-refractivity contribution in [3.63, 3.8) is 0 Å². The fourth-order valence-corrected chi connectivity index (χ4v) is 2.28. The first-order chi connectivity index (χ1) is 8.15. The predicted molar refractivity (Wildman–Crippen MR) is 68.0 cm³/mol. The normalized spacial score (nSPS) is 23.6. The molecule has 0 aliphatic carbocycles. The highest BCUT2D eigenvalue weighted by Crippen LogP contribution is 2.17. The average Bonchev–Trinajstić information content (AvgIpc) is 2.29. The van der Waals surface area contributed by atoms with E-state index in [0.717, 1.165) is 25.3 Å². The third kappa shape index (κ3) is 3.53. The molecule has 2 atom stereocenters. The second-order valence-electron chi connectivity index (χ2n) is 4.87. The molecule has 3 heteroatoms. The van der Waals surface area contributed by atoms with E-state index in [1.54, 1.807) is 0 Å². The van der Waals surface area contributed by atoms with Crippen LogP contribution in [0, 0.1) is 6.92 Å². The molecule has 2 unspecified atom stereocenters. The molecule has 0 saturated carbocycles. The largest absolute Gasteiger partial charge is 0.387 e. The molecule has 1 saturated heterocycles. The molecule has 0 spiro atoms. The Balaban J connectivity index is 1.94. The molecular weight excluding hydrogens is 214 g/mol. The SMILES string of the molecule is Cc1cccc(C(O)CN2CCOC(C)C2)c1. The van der Waals surface area contributed by atoms with Crippen molar-refractivity contribution in [1.82, 2.24) is 4.90 Å². The zero-order valence-electron chi connectivity index (χ0n) is 10.6. The summed E-state index contributed by atoms with van der Waals surface area (Å²) in [5, 5.41) is 10.2. The maximum Gasteiger partial charge on any atom is 0.0917 e. The van der Waals surface area contributed by atoms with Crippen LogP contribution in [0.2, 0.25) is 0 Å². The van der Waals surface area contributed by atoms with Gasteiger partial charge in [0.1, 0.15) is 0 Å². The minimum absolute atomic E-state index is 0.272. The van der Waals surface area contributed by atoms with Crippen LogP contribution < -0.4 is 0 Å². The molecular formula is C14H21NO2. The predicted octanol–water partition coefficient (Wildman–Crippen LogP) is 1.75. The van der Waals surface area contributed by atoms with Crippen LogP contribution in [-0.2, 0) is 4.74 Å². The maximum absolute atomic E-state index is 10.2. The minimum Gasteiger partial charge on any atom is -0.387 e. The summed E-state index contributed by atoms with van der Waals surface area (Å²) in [6, 6.07) is 8.08. The summed E-state index contributed by atoms with van der Waals surface area (Å²) >= 11 is 0. The van der Waals surface area contributed by atoms with Gasteiger partial charge in [-0.15, -0.1) is 0 Å². The zero-order valence-corrected chi connectivity index (χ0v) is 10.6. The number of rotatable bonds is 3. The van der Waals surface area contributed by atoms with Gasteiger partial charge >= 0.3 is 0 Å². The molecule has 1 aromatic rings. The molecule has 0 aromatic heterocycles. The molecule has 94 valence electrons. The van der Waals surface area contributed by atoms with Crippen molar-refractivity contribution in [2.24, 2.45) is 0 Å². The van der Waals surface area contributed by atoms with Gasteiger partial charge in [-0.25, -0.2) is 0 Å². The third-order valence-corrected chi connectivity index (χ3v) is 3.18. The van der Waals surface area contributed by atoms with Crippen molar-refractivity contribution in [3.8, 4) is 0 Å². The summed E-state index contributed by atoms with van der Waals surface area (Å²) in [6.45, 7) is 7.40. The van der Waals surface area contributed by atoms with Gasteiger partial charge in [-0.1, -0.05) is 29.8 Å².